The highest BCUT2D eigenvalue weighted by Crippen LogP contribution is 2.24. The molecule has 11 nitrogen and oxygen atoms in total. The van der Waals surface area contributed by atoms with E-state index in [1.54, 1.807) is 19.1 Å². The molecule has 0 bridgehead atoms. The van der Waals surface area contributed by atoms with E-state index in [0.717, 1.165) is 16.9 Å². The molecule has 1 aliphatic rings. The van der Waals surface area contributed by atoms with Crippen molar-refractivity contribution in [2.45, 2.75) is 31.1 Å². The summed E-state index contributed by atoms with van der Waals surface area (Å²) in [6.45, 7) is 2.04. The second-order valence-electron chi connectivity index (χ2n) is 6.47. The molecule has 0 spiro atoms. The molecular weight excluding hydrogens is 444 g/mol. The first kappa shape index (κ1) is 22.7. The number of nitrogens with zero attached hydrogens (tertiary/aromatic N) is 3. The number of thiazole rings is 1. The number of esters is 1. The Kier molecular flexibility index (Phi) is 6.87. The number of primary sulfonamides is 1. The zero-order valence-electron chi connectivity index (χ0n) is 17.1. The monoisotopic (exact) mass is 466 g/mol. The Bertz CT molecular complexity index is 1120. The number of carbonyl (C=O) groups excluding carboxylic acids is 1. The van der Waals surface area contributed by atoms with Crippen LogP contribution in [0.4, 0.5) is 5.13 Å². The van der Waals surface area contributed by atoms with E-state index >= 15 is 0 Å². The van der Waals surface area contributed by atoms with Gasteiger partial charge in [-0.15, -0.1) is 0 Å². The maximum Gasteiger partial charge on any atom is 0.350 e. The lowest BCUT2D eigenvalue weighted by Gasteiger charge is -2.24. The van der Waals surface area contributed by atoms with Gasteiger partial charge in [0.15, 0.2) is 17.3 Å². The van der Waals surface area contributed by atoms with E-state index in [1.165, 1.54) is 26.4 Å². The summed E-state index contributed by atoms with van der Waals surface area (Å²) < 4.78 is 32.8. The Balaban J connectivity index is 1.71. The first-order valence-electron chi connectivity index (χ1n) is 9.04. The van der Waals surface area contributed by atoms with E-state index in [1.807, 2.05) is 0 Å². The fourth-order valence-corrected chi connectivity index (χ4v) is 4.12. The zero-order valence-corrected chi connectivity index (χ0v) is 18.7. The van der Waals surface area contributed by atoms with Crippen LogP contribution in [0.1, 0.15) is 27.3 Å². The van der Waals surface area contributed by atoms with E-state index in [0.29, 0.717) is 40.4 Å². The van der Waals surface area contributed by atoms with Crippen LogP contribution in [-0.2, 0) is 26.0 Å². The maximum atomic E-state index is 11.8. The molecule has 1 atom stereocenters. The molecule has 0 saturated heterocycles. The number of carbonyl (C=O) groups is 1. The number of sulfonamides is 1. The number of aliphatic imine (C=N–C) groups is 2. The number of anilines is 1. The summed E-state index contributed by atoms with van der Waals surface area (Å²) in [7, 11) is -0.895. The Hall–Kier alpha value is -3.03. The average molecular weight is 467 g/mol. The van der Waals surface area contributed by atoms with E-state index in [9.17, 15) is 13.2 Å². The average Bonchev–Trinajstić information content (AvgIpc) is 3.11. The highest BCUT2D eigenvalue weighted by molar-refractivity contribution is 7.89. The Morgan fingerprint density at radius 1 is 1.35 bits per heavy atom. The highest BCUT2D eigenvalue weighted by Gasteiger charge is 2.22. The third kappa shape index (κ3) is 5.77. The molecule has 0 saturated carbocycles. The number of aromatic nitrogens is 1. The topological polar surface area (TPSA) is 157 Å². The van der Waals surface area contributed by atoms with Gasteiger partial charge in [-0.05, 0) is 24.6 Å². The molecule has 166 valence electrons. The predicted molar refractivity (Wildman–Crippen MR) is 117 cm³/mol. The molecular formula is C18H22N6O5S2. The first-order chi connectivity index (χ1) is 14.7. The van der Waals surface area contributed by atoms with Crippen molar-refractivity contribution in [3.05, 3.63) is 40.4 Å². The van der Waals surface area contributed by atoms with E-state index in [-0.39, 0.29) is 4.90 Å². The van der Waals surface area contributed by atoms with E-state index in [2.05, 4.69) is 25.6 Å². The van der Waals surface area contributed by atoms with Gasteiger partial charge < -0.3 is 20.1 Å². The van der Waals surface area contributed by atoms with Crippen LogP contribution in [0.25, 0.3) is 0 Å². The maximum absolute atomic E-state index is 11.8. The lowest BCUT2D eigenvalue weighted by atomic mass is 10.2. The molecule has 13 heteroatoms. The highest BCUT2D eigenvalue weighted by atomic mass is 32.2. The van der Waals surface area contributed by atoms with Gasteiger partial charge in [-0.3, -0.25) is 4.99 Å². The van der Waals surface area contributed by atoms with Crippen LogP contribution >= 0.6 is 11.3 Å². The van der Waals surface area contributed by atoms with Gasteiger partial charge >= 0.3 is 5.97 Å². The smallest absolute Gasteiger partial charge is 0.350 e. The number of nitrogens with two attached hydrogens (primary N) is 1. The lowest BCUT2D eigenvalue weighted by molar-refractivity contribution is 0.0605. The van der Waals surface area contributed by atoms with Gasteiger partial charge in [-0.1, -0.05) is 23.5 Å². The minimum absolute atomic E-state index is 0.0443. The van der Waals surface area contributed by atoms with Gasteiger partial charge in [-0.2, -0.15) is 0 Å². The van der Waals surface area contributed by atoms with Gasteiger partial charge in [0.05, 0.1) is 37.8 Å². The fraction of sp³-hybridized carbons (Fsp3) is 0.333. The summed E-state index contributed by atoms with van der Waals surface area (Å²) in [4.78, 5) is 25.5. The summed E-state index contributed by atoms with van der Waals surface area (Å²) in [5.41, 5.74) is 1.37. The van der Waals surface area contributed by atoms with Gasteiger partial charge in [0, 0.05) is 0 Å². The van der Waals surface area contributed by atoms with Crippen molar-refractivity contribution in [2.24, 2.45) is 15.1 Å². The van der Waals surface area contributed by atoms with Gasteiger partial charge in [-0.25, -0.2) is 28.3 Å². The molecule has 31 heavy (non-hydrogen) atoms. The van der Waals surface area contributed by atoms with Crippen LogP contribution in [0.3, 0.4) is 0 Å². The second-order valence-corrected chi connectivity index (χ2v) is 9.03. The summed E-state index contributed by atoms with van der Waals surface area (Å²) >= 11 is 1.16. The largest absolute Gasteiger partial charge is 0.484 e. The normalized spacial score (nSPS) is 17.6. The van der Waals surface area contributed by atoms with Gasteiger partial charge in [0.25, 0.3) is 0 Å². The quantitative estimate of drug-likeness (QED) is 0.536. The third-order valence-corrected chi connectivity index (χ3v) is 6.26. The summed E-state index contributed by atoms with van der Waals surface area (Å²) in [6, 6.07) is 6.19. The molecule has 2 aromatic rings. The van der Waals surface area contributed by atoms with Crippen molar-refractivity contribution in [3.63, 3.8) is 0 Å². The van der Waals surface area contributed by atoms with Crippen LogP contribution < -0.4 is 15.8 Å². The number of hydrogen-bond donors (Lipinski definition) is 3. The molecule has 1 unspecified atom stereocenters. The summed E-state index contributed by atoms with van der Waals surface area (Å²) in [5.74, 6) is 0.652. The number of aryl methyl sites for hydroxylation is 1. The van der Waals surface area contributed by atoms with Crippen LogP contribution in [0.15, 0.2) is 39.1 Å². The SMILES string of the molecule is COC(=O)c1sc(NC2N=C(OC)CC(=NCc3ccc(S(N)(=O)=O)cc3)N2)nc1C. The molecule has 0 fully saturated rings. The summed E-state index contributed by atoms with van der Waals surface area (Å²) in [5, 5.41) is 11.9. The molecule has 2 heterocycles. The van der Waals surface area contributed by atoms with Crippen molar-refractivity contribution in [1.82, 2.24) is 10.3 Å². The molecule has 1 aromatic heterocycles. The predicted octanol–water partition coefficient (Wildman–Crippen LogP) is 1.22. The fourth-order valence-electron chi connectivity index (χ4n) is 2.70. The molecule has 0 amide bonds. The zero-order chi connectivity index (χ0) is 22.6. The van der Waals surface area contributed by atoms with Crippen LogP contribution in [-0.4, -0.2) is 51.6 Å². The van der Waals surface area contributed by atoms with Gasteiger partial charge in [0.1, 0.15) is 10.7 Å². The summed E-state index contributed by atoms with van der Waals surface area (Å²) in [6.07, 6.45) is -0.225. The van der Waals surface area contributed by atoms with E-state index < -0.39 is 22.3 Å². The third-order valence-electron chi connectivity index (χ3n) is 4.26. The minimum Gasteiger partial charge on any atom is -0.484 e. The molecule has 3 rings (SSSR count). The molecule has 1 aromatic carbocycles. The molecule has 4 N–H and O–H groups in total. The van der Waals surface area contributed by atoms with Crippen molar-refractivity contribution in [3.8, 4) is 0 Å². The molecule has 1 aliphatic heterocycles. The number of nitrogens with one attached hydrogen (secondary N) is 2. The second kappa shape index (κ2) is 9.41. The number of rotatable bonds is 6. The van der Waals surface area contributed by atoms with Crippen molar-refractivity contribution in [1.29, 1.82) is 0 Å². The standard InChI is InChI=1S/C18H22N6O5S2/c1-10-15(16(25)29-3)30-18(21-10)24-17-22-13(8-14(23-17)28-2)20-9-11-4-6-12(7-5-11)31(19,26)27/h4-7,17H,8-9H2,1-3H3,(H,20,22)(H,21,24)(H2,19,26,27). The van der Waals surface area contributed by atoms with Gasteiger partial charge in [0.2, 0.25) is 10.0 Å². The molecule has 0 radical (unpaired) electrons. The number of amidine groups is 1. The minimum atomic E-state index is -3.73. The van der Waals surface area contributed by atoms with Crippen molar-refractivity contribution < 1.29 is 22.7 Å². The van der Waals surface area contributed by atoms with Crippen LogP contribution in [0, 0.1) is 6.92 Å². The number of methoxy groups -OCH3 is 2. The Labute approximate surface area is 183 Å². The van der Waals surface area contributed by atoms with Crippen molar-refractivity contribution >= 4 is 44.2 Å². The van der Waals surface area contributed by atoms with Crippen molar-refractivity contribution in [2.75, 3.05) is 19.5 Å². The molecule has 0 aliphatic carbocycles. The lowest BCUT2D eigenvalue weighted by Crippen LogP contribution is -2.44. The first-order valence-corrected chi connectivity index (χ1v) is 11.4. The number of benzene rings is 1. The van der Waals surface area contributed by atoms with Crippen LogP contribution in [0.5, 0.6) is 0 Å². The number of ether oxygens (including phenoxy) is 2. The number of hydrogen-bond acceptors (Lipinski definition) is 10. The Morgan fingerprint density at radius 2 is 2.06 bits per heavy atom. The Morgan fingerprint density at radius 3 is 2.68 bits per heavy atom. The van der Waals surface area contributed by atoms with E-state index in [4.69, 9.17) is 14.6 Å². The van der Waals surface area contributed by atoms with Crippen LogP contribution in [0.2, 0.25) is 0 Å².